The number of fused-ring (bicyclic) bond motifs is 2. The van der Waals surface area contributed by atoms with Gasteiger partial charge in [0.25, 0.3) is 0 Å². The minimum atomic E-state index is 1.14. The number of hydrogen-bond acceptors (Lipinski definition) is 2. The first-order chi connectivity index (χ1) is 25.7. The smallest absolute Gasteiger partial charge is 0.0543 e. The highest BCUT2D eigenvalue weighted by Gasteiger charge is 2.24. The summed E-state index contributed by atoms with van der Waals surface area (Å²) in [5.41, 5.74) is 9.49. The van der Waals surface area contributed by atoms with Gasteiger partial charge in [-0.3, -0.25) is 0 Å². The lowest BCUT2D eigenvalue weighted by Gasteiger charge is -2.31. The molecule has 10 aromatic carbocycles. The van der Waals surface area contributed by atoms with Crippen LogP contribution in [0.25, 0.3) is 53.9 Å². The molecule has 0 aliphatic heterocycles. The first kappa shape index (κ1) is 30.2. The van der Waals surface area contributed by atoms with Gasteiger partial charge >= 0.3 is 0 Å². The van der Waals surface area contributed by atoms with Gasteiger partial charge in [-0.25, -0.2) is 0 Å². The topological polar surface area (TPSA) is 6.48 Å². The molecular formula is C50H36N2. The molecule has 0 atom stereocenters. The normalized spacial score (nSPS) is 11.7. The minimum absolute atomic E-state index is 1.14. The summed E-state index contributed by atoms with van der Waals surface area (Å²) in [6, 6.07) is 66.5. The van der Waals surface area contributed by atoms with Crippen LogP contribution in [0.5, 0.6) is 0 Å². The predicted molar refractivity (Wildman–Crippen MR) is 224 cm³/mol. The lowest BCUT2D eigenvalue weighted by molar-refractivity contribution is 1.30. The number of anilines is 6. The molecule has 0 heterocycles. The van der Waals surface area contributed by atoms with Crippen LogP contribution in [0.3, 0.4) is 0 Å². The van der Waals surface area contributed by atoms with E-state index in [9.17, 15) is 0 Å². The highest BCUT2D eigenvalue weighted by atomic mass is 15.2. The summed E-state index contributed by atoms with van der Waals surface area (Å²) in [4.78, 5) is 4.92. The Balaban J connectivity index is 1.31. The maximum absolute atomic E-state index is 2.46. The van der Waals surface area contributed by atoms with Gasteiger partial charge in [0, 0.05) is 32.9 Å². The third-order valence-corrected chi connectivity index (χ3v) is 10.8. The standard InChI is InChI=1S/C50H36N2/c1-33-31-47(51(37-19-5-3-6-20-37)45-25-13-17-35-15-9-11-23-41(35)45)43-30-28-40-34(2)32-48(44-29-27-39(33)49(43)50(40)44)52(38-21-7-4-8-22-38)46-26-14-18-36-16-10-12-24-42(36)46/h3-32H,1-2H3. The molecule has 0 aliphatic rings. The second-order valence-electron chi connectivity index (χ2n) is 13.8. The maximum atomic E-state index is 2.46. The van der Waals surface area contributed by atoms with Gasteiger partial charge in [-0.2, -0.15) is 0 Å². The summed E-state index contributed by atoms with van der Waals surface area (Å²) >= 11 is 0. The Kier molecular flexibility index (Phi) is 6.97. The molecule has 0 bridgehead atoms. The zero-order valence-corrected chi connectivity index (χ0v) is 29.2. The van der Waals surface area contributed by atoms with E-state index in [1.54, 1.807) is 0 Å². The van der Waals surface area contributed by atoms with Gasteiger partial charge in [-0.1, -0.05) is 133 Å². The van der Waals surface area contributed by atoms with Crippen LogP contribution in [0.15, 0.2) is 182 Å². The average Bonchev–Trinajstić information content (AvgIpc) is 3.20. The summed E-state index contributed by atoms with van der Waals surface area (Å²) in [5.74, 6) is 0. The SMILES string of the molecule is Cc1cc(N(c2ccccc2)c2cccc3ccccc23)c2ccc3c(C)cc(N(c4ccccc4)c4cccc5ccccc45)c4ccc1c2c34. The van der Waals surface area contributed by atoms with Crippen LogP contribution in [0.1, 0.15) is 11.1 Å². The molecule has 10 aromatic rings. The van der Waals surface area contributed by atoms with Crippen LogP contribution in [0.2, 0.25) is 0 Å². The molecule has 0 saturated heterocycles. The van der Waals surface area contributed by atoms with E-state index in [1.807, 2.05) is 0 Å². The van der Waals surface area contributed by atoms with Crippen LogP contribution in [0, 0.1) is 13.8 Å². The minimum Gasteiger partial charge on any atom is -0.309 e. The van der Waals surface area contributed by atoms with Crippen molar-refractivity contribution in [3.8, 4) is 0 Å². The maximum Gasteiger partial charge on any atom is 0.0543 e. The Labute approximate surface area is 303 Å². The van der Waals surface area contributed by atoms with Gasteiger partial charge < -0.3 is 9.80 Å². The Morgan fingerprint density at radius 1 is 0.288 bits per heavy atom. The van der Waals surface area contributed by atoms with Gasteiger partial charge in [0.05, 0.1) is 22.7 Å². The van der Waals surface area contributed by atoms with Crippen LogP contribution in [0.4, 0.5) is 34.1 Å². The van der Waals surface area contributed by atoms with Crippen LogP contribution in [-0.2, 0) is 0 Å². The molecular weight excluding hydrogens is 629 g/mol. The largest absolute Gasteiger partial charge is 0.309 e. The van der Waals surface area contributed by atoms with Crippen LogP contribution in [-0.4, -0.2) is 0 Å². The molecule has 0 saturated carbocycles. The van der Waals surface area contributed by atoms with E-state index in [1.165, 1.54) is 87.7 Å². The molecule has 0 spiro atoms. The van der Waals surface area contributed by atoms with Gasteiger partial charge in [-0.15, -0.1) is 0 Å². The zero-order valence-electron chi connectivity index (χ0n) is 29.2. The summed E-state index contributed by atoms with van der Waals surface area (Å²) in [6.07, 6.45) is 0. The van der Waals surface area contributed by atoms with Crippen molar-refractivity contribution in [2.24, 2.45) is 0 Å². The molecule has 0 fully saturated rings. The zero-order chi connectivity index (χ0) is 34.8. The van der Waals surface area contributed by atoms with E-state index < -0.39 is 0 Å². The summed E-state index contributed by atoms with van der Waals surface area (Å²) < 4.78 is 0. The van der Waals surface area contributed by atoms with E-state index in [4.69, 9.17) is 0 Å². The molecule has 2 heteroatoms. The highest BCUT2D eigenvalue weighted by Crippen LogP contribution is 2.50. The Hall–Kier alpha value is -6.64. The number of nitrogens with zero attached hydrogens (tertiary/aromatic N) is 2. The van der Waals surface area contributed by atoms with E-state index in [0.29, 0.717) is 0 Å². The van der Waals surface area contributed by atoms with Crippen LogP contribution < -0.4 is 9.80 Å². The van der Waals surface area contributed by atoms with Crippen molar-refractivity contribution < 1.29 is 0 Å². The number of benzene rings is 10. The summed E-state index contributed by atoms with van der Waals surface area (Å²) in [6.45, 7) is 4.53. The molecule has 52 heavy (non-hydrogen) atoms. The Morgan fingerprint density at radius 3 is 1.10 bits per heavy atom. The van der Waals surface area contributed by atoms with E-state index in [0.717, 1.165) is 11.4 Å². The lowest BCUT2D eigenvalue weighted by atomic mass is 9.88. The average molecular weight is 665 g/mol. The molecule has 2 nitrogen and oxygen atoms in total. The molecule has 0 amide bonds. The van der Waals surface area contributed by atoms with Gasteiger partial charge in [0.2, 0.25) is 0 Å². The van der Waals surface area contributed by atoms with Crippen molar-refractivity contribution in [3.63, 3.8) is 0 Å². The van der Waals surface area contributed by atoms with Gasteiger partial charge in [0.15, 0.2) is 0 Å². The van der Waals surface area contributed by atoms with E-state index in [-0.39, 0.29) is 0 Å². The number of para-hydroxylation sites is 2. The molecule has 0 aromatic heterocycles. The van der Waals surface area contributed by atoms with Crippen LogP contribution >= 0.6 is 0 Å². The first-order valence-electron chi connectivity index (χ1n) is 18.0. The quantitative estimate of drug-likeness (QED) is 0.163. The second-order valence-corrected chi connectivity index (χ2v) is 13.8. The third-order valence-electron chi connectivity index (χ3n) is 10.8. The first-order valence-corrected chi connectivity index (χ1v) is 18.0. The number of rotatable bonds is 6. The Morgan fingerprint density at radius 2 is 0.654 bits per heavy atom. The summed E-state index contributed by atoms with van der Waals surface area (Å²) in [7, 11) is 0. The predicted octanol–water partition coefficient (Wildman–Crippen LogP) is 14.4. The molecule has 10 rings (SSSR count). The molecule has 0 unspecified atom stereocenters. The van der Waals surface area contributed by atoms with E-state index >= 15 is 0 Å². The molecule has 0 N–H and O–H groups in total. The van der Waals surface area contributed by atoms with Crippen molar-refractivity contribution in [1.82, 2.24) is 0 Å². The van der Waals surface area contributed by atoms with Crippen molar-refractivity contribution >= 4 is 88.0 Å². The second kappa shape index (κ2) is 12.0. The van der Waals surface area contributed by atoms with E-state index in [2.05, 4.69) is 206 Å². The third kappa shape index (κ3) is 4.65. The number of hydrogen-bond donors (Lipinski definition) is 0. The molecule has 246 valence electrons. The lowest BCUT2D eigenvalue weighted by Crippen LogP contribution is -2.12. The number of aryl methyl sites for hydroxylation is 2. The highest BCUT2D eigenvalue weighted by molar-refractivity contribution is 6.29. The van der Waals surface area contributed by atoms with Crippen molar-refractivity contribution in [2.75, 3.05) is 9.80 Å². The van der Waals surface area contributed by atoms with Gasteiger partial charge in [0.1, 0.15) is 0 Å². The fourth-order valence-electron chi connectivity index (χ4n) is 8.45. The monoisotopic (exact) mass is 664 g/mol. The fourth-order valence-corrected chi connectivity index (χ4v) is 8.45. The molecule has 0 radical (unpaired) electrons. The summed E-state index contributed by atoms with van der Waals surface area (Å²) in [5, 5.41) is 12.6. The van der Waals surface area contributed by atoms with Crippen molar-refractivity contribution in [3.05, 3.63) is 193 Å². The molecule has 0 aliphatic carbocycles. The van der Waals surface area contributed by atoms with Crippen molar-refractivity contribution in [2.45, 2.75) is 13.8 Å². The Bertz CT molecular complexity index is 2720. The fraction of sp³-hybridized carbons (Fsp3) is 0.0400. The van der Waals surface area contributed by atoms with Gasteiger partial charge in [-0.05, 0) is 106 Å². The van der Waals surface area contributed by atoms with Crippen molar-refractivity contribution in [1.29, 1.82) is 0 Å².